The van der Waals surface area contributed by atoms with E-state index in [1.807, 2.05) is 46.2 Å². The number of rotatable bonds is 42. The third kappa shape index (κ3) is 18.6. The standard InChI is InChI=1S/C66H104N2O2S4/c1-7-13-19-25-27-33-37-51(35-29-21-15-9-3)47-67-63(57-43-41-55(73-57)59-45-53(49-71-59)39-31-23-17-11-5)61-62(65(67)69)64(58-44-42-56(74-58)60-46-54(50-72-60)40-32-24-18-12-6)68(66(61)70)48-52(36-30-22-16-10-4)38-34-28-26-20-14-8-2/h41-43,45-46,49,51-52,54,58H,7-40,44,47-48,50H2,1-6H3. The van der Waals surface area contributed by atoms with E-state index < -0.39 is 0 Å². The van der Waals surface area contributed by atoms with Crippen LogP contribution in [0.4, 0.5) is 0 Å². The topological polar surface area (TPSA) is 40.6 Å². The van der Waals surface area contributed by atoms with Gasteiger partial charge >= 0.3 is 0 Å². The molecule has 4 unspecified atom stereocenters. The van der Waals surface area contributed by atoms with E-state index >= 15 is 9.59 Å². The Bertz CT molecular complexity index is 2090. The first-order valence-corrected chi connectivity index (χ1v) is 34.9. The van der Waals surface area contributed by atoms with E-state index in [0.717, 1.165) is 72.5 Å². The number of allylic oxidation sites excluding steroid dienone is 2. The second-order valence-electron chi connectivity index (χ2n) is 23.0. The molecule has 0 spiro atoms. The van der Waals surface area contributed by atoms with Gasteiger partial charge in [0.1, 0.15) is 0 Å². The van der Waals surface area contributed by atoms with Crippen LogP contribution in [0.5, 0.6) is 0 Å². The van der Waals surface area contributed by atoms with Crippen molar-refractivity contribution < 1.29 is 9.59 Å². The number of thioether (sulfide) groups is 2. The van der Waals surface area contributed by atoms with E-state index in [9.17, 15) is 0 Å². The molecular weight excluding hydrogens is 981 g/mol. The van der Waals surface area contributed by atoms with E-state index in [4.69, 9.17) is 0 Å². The van der Waals surface area contributed by atoms with Gasteiger partial charge in [-0.25, -0.2) is 0 Å². The molecular formula is C66H104N2O2S4. The van der Waals surface area contributed by atoms with Gasteiger partial charge in [0, 0.05) is 44.1 Å². The number of unbranched alkanes of at least 4 members (excludes halogenated alkanes) is 22. The van der Waals surface area contributed by atoms with E-state index in [1.165, 1.54) is 217 Å². The normalized spacial score (nSPS) is 18.7. The Morgan fingerprint density at radius 1 is 0.541 bits per heavy atom. The molecule has 6 heterocycles. The van der Waals surface area contributed by atoms with Crippen LogP contribution in [-0.4, -0.2) is 45.7 Å². The summed E-state index contributed by atoms with van der Waals surface area (Å²) >= 11 is 7.68. The molecule has 414 valence electrons. The monoisotopic (exact) mass is 1080 g/mol. The molecule has 4 nitrogen and oxygen atoms in total. The van der Waals surface area contributed by atoms with Gasteiger partial charge in [-0.1, -0.05) is 227 Å². The van der Waals surface area contributed by atoms with Crippen LogP contribution in [0.15, 0.2) is 62.4 Å². The van der Waals surface area contributed by atoms with Gasteiger partial charge in [0.2, 0.25) is 0 Å². The van der Waals surface area contributed by atoms with Crippen molar-refractivity contribution in [2.75, 3.05) is 18.8 Å². The van der Waals surface area contributed by atoms with Crippen molar-refractivity contribution in [1.82, 2.24) is 9.80 Å². The average Bonchev–Trinajstić information content (AvgIpc) is 4.29. The summed E-state index contributed by atoms with van der Waals surface area (Å²) in [7, 11) is 0. The van der Waals surface area contributed by atoms with E-state index in [2.05, 4.69) is 87.1 Å². The molecule has 0 saturated heterocycles. The second kappa shape index (κ2) is 34.8. The highest BCUT2D eigenvalue weighted by molar-refractivity contribution is 8.09. The molecule has 0 aliphatic carbocycles. The van der Waals surface area contributed by atoms with Gasteiger partial charge in [0.15, 0.2) is 0 Å². The summed E-state index contributed by atoms with van der Waals surface area (Å²) in [4.78, 5) is 42.8. The zero-order chi connectivity index (χ0) is 52.3. The van der Waals surface area contributed by atoms with Crippen molar-refractivity contribution in [3.63, 3.8) is 0 Å². The minimum atomic E-state index is 0.0558. The molecule has 2 aromatic heterocycles. The summed E-state index contributed by atoms with van der Waals surface area (Å²) in [5, 5.41) is 2.42. The molecule has 2 amide bonds. The van der Waals surface area contributed by atoms with Crippen molar-refractivity contribution in [2.24, 2.45) is 17.8 Å². The summed E-state index contributed by atoms with van der Waals surface area (Å²) in [6, 6.07) is 6.98. The van der Waals surface area contributed by atoms with Crippen LogP contribution >= 0.6 is 46.2 Å². The van der Waals surface area contributed by atoms with Crippen molar-refractivity contribution in [3.05, 3.63) is 72.8 Å². The number of nitrogens with zero attached hydrogens (tertiary/aromatic N) is 2. The minimum Gasteiger partial charge on any atom is -0.310 e. The zero-order valence-electron chi connectivity index (χ0n) is 48.0. The first-order chi connectivity index (χ1) is 36.3. The molecule has 8 heteroatoms. The Balaban J connectivity index is 1.39. The van der Waals surface area contributed by atoms with Crippen LogP contribution in [0.3, 0.4) is 0 Å². The lowest BCUT2D eigenvalue weighted by molar-refractivity contribution is -0.125. The number of carbonyl (C=O) groups excluding carboxylic acids is 2. The SMILES string of the molecule is CCCCCCCCC(CCCCCC)CN1C(=O)C2=C(C3CC=C(C4=CC(CCCCCC)CS4)S3)N(CC(CCCCCC)CCCCCCCC)C(=O)C2=C1c1ccc(-c2cc(CCCCCC)cs2)s1. The number of hydrogen-bond donors (Lipinski definition) is 0. The quantitative estimate of drug-likeness (QED) is 0.0621. The third-order valence-electron chi connectivity index (χ3n) is 16.6. The van der Waals surface area contributed by atoms with Gasteiger partial charge in [0.25, 0.3) is 11.8 Å². The Hall–Kier alpha value is -2.00. The number of fused-ring (bicyclic) bond motifs is 1. The zero-order valence-corrected chi connectivity index (χ0v) is 51.3. The summed E-state index contributed by atoms with van der Waals surface area (Å²) in [6.07, 6.45) is 48.7. The highest BCUT2D eigenvalue weighted by Crippen LogP contribution is 2.54. The van der Waals surface area contributed by atoms with Crippen LogP contribution in [0.1, 0.15) is 270 Å². The highest BCUT2D eigenvalue weighted by Gasteiger charge is 2.51. The molecule has 2 aromatic rings. The van der Waals surface area contributed by atoms with Gasteiger partial charge in [-0.15, -0.1) is 46.2 Å². The molecule has 0 saturated carbocycles. The molecule has 0 fully saturated rings. The van der Waals surface area contributed by atoms with Crippen LogP contribution in [0.25, 0.3) is 15.5 Å². The summed E-state index contributed by atoms with van der Waals surface area (Å²) in [6.45, 7) is 15.3. The fourth-order valence-corrected chi connectivity index (χ4v) is 17.0. The van der Waals surface area contributed by atoms with Gasteiger partial charge in [0.05, 0.1) is 27.0 Å². The van der Waals surface area contributed by atoms with Crippen LogP contribution in [0, 0.1) is 17.8 Å². The first kappa shape index (κ1) is 61.2. The summed E-state index contributed by atoms with van der Waals surface area (Å²) in [5.41, 5.74) is 4.90. The lowest BCUT2D eigenvalue weighted by atomic mass is 9.93. The fraction of sp³-hybridized carbons (Fsp3) is 0.727. The van der Waals surface area contributed by atoms with E-state index in [1.54, 1.807) is 0 Å². The van der Waals surface area contributed by atoms with Crippen molar-refractivity contribution in [3.8, 4) is 9.75 Å². The molecule has 0 radical (unpaired) electrons. The van der Waals surface area contributed by atoms with Crippen LogP contribution in [0.2, 0.25) is 0 Å². The Labute approximate surface area is 470 Å². The maximum atomic E-state index is 16.0. The third-order valence-corrected chi connectivity index (χ3v) is 21.6. The second-order valence-corrected chi connectivity index (χ2v) is 27.3. The molecule has 74 heavy (non-hydrogen) atoms. The van der Waals surface area contributed by atoms with Gasteiger partial charge in [-0.05, 0) is 98.3 Å². The minimum absolute atomic E-state index is 0.0558. The molecule has 0 bridgehead atoms. The summed E-state index contributed by atoms with van der Waals surface area (Å²) < 4.78 is 0. The maximum absolute atomic E-state index is 16.0. The molecule has 4 aliphatic rings. The molecule has 4 aliphatic heterocycles. The first-order valence-electron chi connectivity index (χ1n) is 31.4. The van der Waals surface area contributed by atoms with Crippen LogP contribution in [-0.2, 0) is 16.0 Å². The van der Waals surface area contributed by atoms with Crippen molar-refractivity contribution >= 4 is 63.7 Å². The molecule has 0 N–H and O–H groups in total. The number of aryl methyl sites for hydroxylation is 1. The van der Waals surface area contributed by atoms with E-state index in [0.29, 0.717) is 24.3 Å². The Kier molecular flexibility index (Phi) is 28.8. The number of carbonyl (C=O) groups is 2. The number of amides is 2. The lowest BCUT2D eigenvalue weighted by Crippen LogP contribution is -2.37. The highest BCUT2D eigenvalue weighted by atomic mass is 32.2. The van der Waals surface area contributed by atoms with Crippen molar-refractivity contribution in [2.45, 2.75) is 272 Å². The number of hydrogen-bond acceptors (Lipinski definition) is 6. The van der Waals surface area contributed by atoms with Gasteiger partial charge in [-0.3, -0.25) is 9.59 Å². The fourth-order valence-electron chi connectivity index (χ4n) is 12.1. The summed E-state index contributed by atoms with van der Waals surface area (Å²) in [5.74, 6) is 2.88. The Morgan fingerprint density at radius 3 is 1.64 bits per heavy atom. The lowest BCUT2D eigenvalue weighted by Gasteiger charge is -2.31. The molecule has 6 rings (SSSR count). The largest absolute Gasteiger partial charge is 0.310 e. The van der Waals surface area contributed by atoms with Gasteiger partial charge < -0.3 is 9.80 Å². The predicted octanol–water partition coefficient (Wildman–Crippen LogP) is 21.5. The van der Waals surface area contributed by atoms with Gasteiger partial charge in [-0.2, -0.15) is 0 Å². The van der Waals surface area contributed by atoms with Crippen LogP contribution < -0.4 is 0 Å². The van der Waals surface area contributed by atoms with Crippen molar-refractivity contribution in [1.29, 1.82) is 0 Å². The maximum Gasteiger partial charge on any atom is 0.261 e. The van der Waals surface area contributed by atoms with E-state index in [-0.39, 0.29) is 17.1 Å². The smallest absolute Gasteiger partial charge is 0.261 e. The molecule has 4 atom stereocenters. The Morgan fingerprint density at radius 2 is 1.04 bits per heavy atom. The average molecular weight is 1090 g/mol. The number of thiophene rings is 2. The molecule has 0 aromatic carbocycles. The predicted molar refractivity (Wildman–Crippen MR) is 330 cm³/mol.